The third kappa shape index (κ3) is 4.28. The van der Waals surface area contributed by atoms with Crippen LogP contribution in [-0.4, -0.2) is 19.6 Å². The van der Waals surface area contributed by atoms with Gasteiger partial charge >= 0.3 is 5.97 Å². The lowest BCUT2D eigenvalue weighted by atomic mass is 10.1. The number of ether oxygens (including phenoxy) is 1. The molecule has 0 saturated heterocycles. The van der Waals surface area contributed by atoms with E-state index in [1.54, 1.807) is 6.08 Å². The molecule has 0 spiro atoms. The highest BCUT2D eigenvalue weighted by Crippen LogP contribution is 2.10. The second-order valence-electron chi connectivity index (χ2n) is 3.47. The summed E-state index contributed by atoms with van der Waals surface area (Å²) in [6.45, 7) is 2.73. The van der Waals surface area contributed by atoms with Crippen molar-refractivity contribution in [1.29, 1.82) is 0 Å². The molecule has 0 fully saturated rings. The van der Waals surface area contributed by atoms with Crippen LogP contribution in [0.15, 0.2) is 42.5 Å². The molecule has 1 aromatic carbocycles. The molecule has 1 rings (SSSR count). The van der Waals surface area contributed by atoms with Gasteiger partial charge < -0.3 is 10.1 Å². The Morgan fingerprint density at radius 2 is 2.12 bits per heavy atom. The molecule has 1 aromatic rings. The van der Waals surface area contributed by atoms with Crippen LogP contribution in [0.4, 0.5) is 0 Å². The van der Waals surface area contributed by atoms with Gasteiger partial charge in [0.25, 0.3) is 0 Å². The molecule has 1 unspecified atom stereocenters. The van der Waals surface area contributed by atoms with Gasteiger partial charge in [-0.1, -0.05) is 36.4 Å². The van der Waals surface area contributed by atoms with Crippen molar-refractivity contribution in [3.05, 3.63) is 48.0 Å². The van der Waals surface area contributed by atoms with Gasteiger partial charge in [0, 0.05) is 18.7 Å². The second kappa shape index (κ2) is 6.80. The Kier molecular flexibility index (Phi) is 5.29. The summed E-state index contributed by atoms with van der Waals surface area (Å²) >= 11 is 0. The highest BCUT2D eigenvalue weighted by molar-refractivity contribution is 5.81. The van der Waals surface area contributed by atoms with E-state index in [9.17, 15) is 4.79 Å². The number of hydrogen-bond donors (Lipinski definition) is 1. The molecule has 0 aromatic heterocycles. The number of rotatable bonds is 5. The highest BCUT2D eigenvalue weighted by atomic mass is 16.5. The summed E-state index contributed by atoms with van der Waals surface area (Å²) in [6, 6.07) is 10.4. The third-order valence-corrected chi connectivity index (χ3v) is 2.30. The lowest BCUT2D eigenvalue weighted by Crippen LogP contribution is -2.18. The molecule has 0 radical (unpaired) electrons. The van der Waals surface area contributed by atoms with E-state index in [1.807, 2.05) is 18.2 Å². The first-order chi connectivity index (χ1) is 7.74. The zero-order chi connectivity index (χ0) is 11.8. The Labute approximate surface area is 96.1 Å². The van der Waals surface area contributed by atoms with Gasteiger partial charge in [0.1, 0.15) is 0 Å². The monoisotopic (exact) mass is 219 g/mol. The Hall–Kier alpha value is -1.61. The molecule has 86 valence electrons. The third-order valence-electron chi connectivity index (χ3n) is 2.30. The number of carbonyl (C=O) groups excluding carboxylic acids is 1. The lowest BCUT2D eigenvalue weighted by Gasteiger charge is -2.12. The second-order valence-corrected chi connectivity index (χ2v) is 3.47. The van der Waals surface area contributed by atoms with E-state index in [2.05, 4.69) is 29.1 Å². The van der Waals surface area contributed by atoms with E-state index in [4.69, 9.17) is 0 Å². The number of hydrogen-bond acceptors (Lipinski definition) is 3. The SMILES string of the molecule is COC(=O)C=CCNC(C)c1ccccc1. The van der Waals surface area contributed by atoms with Crippen LogP contribution >= 0.6 is 0 Å². The van der Waals surface area contributed by atoms with Gasteiger partial charge in [0.05, 0.1) is 7.11 Å². The number of benzene rings is 1. The smallest absolute Gasteiger partial charge is 0.330 e. The molecule has 1 N–H and O–H groups in total. The highest BCUT2D eigenvalue weighted by Gasteiger charge is 2.01. The first kappa shape index (κ1) is 12.5. The molecular formula is C13H17NO2. The fourth-order valence-corrected chi connectivity index (χ4v) is 1.33. The zero-order valence-electron chi connectivity index (χ0n) is 9.64. The van der Waals surface area contributed by atoms with Crippen molar-refractivity contribution in [3.8, 4) is 0 Å². The summed E-state index contributed by atoms with van der Waals surface area (Å²) in [5.74, 6) is -0.325. The average Bonchev–Trinajstić information content (AvgIpc) is 2.35. The Morgan fingerprint density at radius 1 is 1.44 bits per heavy atom. The topological polar surface area (TPSA) is 38.3 Å². The first-order valence-electron chi connectivity index (χ1n) is 5.27. The Bertz CT molecular complexity index is 346. The van der Waals surface area contributed by atoms with E-state index in [-0.39, 0.29) is 12.0 Å². The number of methoxy groups -OCH3 is 1. The molecule has 1 atom stereocenters. The van der Waals surface area contributed by atoms with Crippen LogP contribution in [0.2, 0.25) is 0 Å². The van der Waals surface area contributed by atoms with Crippen molar-refractivity contribution in [2.45, 2.75) is 13.0 Å². The summed E-state index contributed by atoms with van der Waals surface area (Å²) < 4.78 is 4.49. The standard InChI is InChI=1S/C13H17NO2/c1-11(12-7-4-3-5-8-12)14-10-6-9-13(15)16-2/h3-9,11,14H,10H2,1-2H3. The number of esters is 1. The van der Waals surface area contributed by atoms with Crippen molar-refractivity contribution in [2.75, 3.05) is 13.7 Å². The quantitative estimate of drug-likeness (QED) is 0.608. The van der Waals surface area contributed by atoms with Crippen LogP contribution < -0.4 is 5.32 Å². The first-order valence-corrected chi connectivity index (χ1v) is 5.27. The fraction of sp³-hybridized carbons (Fsp3) is 0.308. The molecule has 3 heteroatoms. The van der Waals surface area contributed by atoms with Crippen LogP contribution in [0.25, 0.3) is 0 Å². The largest absolute Gasteiger partial charge is 0.466 e. The number of carbonyl (C=O) groups is 1. The van der Waals surface area contributed by atoms with Gasteiger partial charge in [-0.25, -0.2) is 4.79 Å². The molecule has 16 heavy (non-hydrogen) atoms. The maximum Gasteiger partial charge on any atom is 0.330 e. The minimum absolute atomic E-state index is 0.267. The summed E-state index contributed by atoms with van der Waals surface area (Å²) in [5.41, 5.74) is 1.23. The van der Waals surface area contributed by atoms with E-state index in [0.29, 0.717) is 6.54 Å². The average molecular weight is 219 g/mol. The summed E-state index contributed by atoms with van der Waals surface area (Å²) in [7, 11) is 1.37. The summed E-state index contributed by atoms with van der Waals surface area (Å²) in [5, 5.41) is 3.28. The summed E-state index contributed by atoms with van der Waals surface area (Å²) in [6.07, 6.45) is 3.18. The maximum absolute atomic E-state index is 10.8. The van der Waals surface area contributed by atoms with Crippen LogP contribution in [-0.2, 0) is 9.53 Å². The van der Waals surface area contributed by atoms with E-state index < -0.39 is 0 Å². The van der Waals surface area contributed by atoms with Crippen LogP contribution in [0.3, 0.4) is 0 Å². The van der Waals surface area contributed by atoms with Crippen molar-refractivity contribution >= 4 is 5.97 Å². The van der Waals surface area contributed by atoms with E-state index in [0.717, 1.165) is 0 Å². The van der Waals surface area contributed by atoms with E-state index in [1.165, 1.54) is 18.7 Å². The minimum atomic E-state index is -0.325. The molecule has 0 aliphatic rings. The minimum Gasteiger partial charge on any atom is -0.466 e. The number of nitrogens with one attached hydrogen (secondary N) is 1. The Morgan fingerprint density at radius 3 is 2.75 bits per heavy atom. The molecule has 0 aliphatic carbocycles. The Balaban J connectivity index is 2.34. The van der Waals surface area contributed by atoms with Crippen molar-refractivity contribution in [3.63, 3.8) is 0 Å². The molecule has 0 amide bonds. The molecule has 0 aliphatic heterocycles. The maximum atomic E-state index is 10.8. The van der Waals surface area contributed by atoms with Gasteiger partial charge in [-0.05, 0) is 12.5 Å². The van der Waals surface area contributed by atoms with E-state index >= 15 is 0 Å². The molecular weight excluding hydrogens is 202 g/mol. The van der Waals surface area contributed by atoms with Gasteiger partial charge in [-0.2, -0.15) is 0 Å². The van der Waals surface area contributed by atoms with Crippen LogP contribution in [0.5, 0.6) is 0 Å². The van der Waals surface area contributed by atoms with Gasteiger partial charge in [-0.15, -0.1) is 0 Å². The molecule has 0 saturated carbocycles. The normalized spacial score (nSPS) is 12.6. The lowest BCUT2D eigenvalue weighted by molar-refractivity contribution is -0.134. The van der Waals surface area contributed by atoms with Crippen LogP contribution in [0, 0.1) is 0 Å². The summed E-state index contributed by atoms with van der Waals surface area (Å²) in [4.78, 5) is 10.8. The van der Waals surface area contributed by atoms with Crippen molar-refractivity contribution in [1.82, 2.24) is 5.32 Å². The van der Waals surface area contributed by atoms with Gasteiger partial charge in [-0.3, -0.25) is 0 Å². The predicted octanol–water partition coefficient (Wildman–Crippen LogP) is 2.07. The molecule has 0 bridgehead atoms. The predicted molar refractivity (Wildman–Crippen MR) is 64.0 cm³/mol. The van der Waals surface area contributed by atoms with Crippen molar-refractivity contribution < 1.29 is 9.53 Å². The fourth-order valence-electron chi connectivity index (χ4n) is 1.33. The van der Waals surface area contributed by atoms with Gasteiger partial charge in [0.2, 0.25) is 0 Å². The molecule has 0 heterocycles. The van der Waals surface area contributed by atoms with Crippen LogP contribution in [0.1, 0.15) is 18.5 Å². The zero-order valence-corrected chi connectivity index (χ0v) is 9.64. The molecule has 3 nitrogen and oxygen atoms in total. The van der Waals surface area contributed by atoms with Crippen molar-refractivity contribution in [2.24, 2.45) is 0 Å². The van der Waals surface area contributed by atoms with Gasteiger partial charge in [0.15, 0.2) is 0 Å².